The van der Waals surface area contributed by atoms with E-state index in [0.29, 0.717) is 0 Å². The van der Waals surface area contributed by atoms with E-state index in [4.69, 9.17) is 0 Å². The molecule has 0 heterocycles. The molecule has 0 saturated heterocycles. The van der Waals surface area contributed by atoms with E-state index in [-0.39, 0.29) is 10.8 Å². The molecule has 2 aliphatic carbocycles. The van der Waals surface area contributed by atoms with Gasteiger partial charge in [-0.25, -0.2) is 0 Å². The molecule has 2 aliphatic rings. The molecule has 220 valence electrons. The number of hydrogen-bond donors (Lipinski definition) is 0. The third-order valence-electron chi connectivity index (χ3n) is 10.5. The predicted octanol–water partition coefficient (Wildman–Crippen LogP) is 8.81. The van der Waals surface area contributed by atoms with Crippen molar-refractivity contribution in [1.82, 2.24) is 0 Å². The normalized spacial score (nSPS) is 20.7. The van der Waals surface area contributed by atoms with E-state index in [1.165, 1.54) is 53.5 Å². The van der Waals surface area contributed by atoms with Gasteiger partial charge in [-0.3, -0.25) is 0 Å². The lowest BCUT2D eigenvalue weighted by Gasteiger charge is -2.43. The Morgan fingerprint density at radius 2 is 0.867 bits per heavy atom. The highest BCUT2D eigenvalue weighted by atomic mass is 79.9. The Hall–Kier alpha value is -3.50. The summed E-state index contributed by atoms with van der Waals surface area (Å²) in [7, 11) is -2.43. The van der Waals surface area contributed by atoms with Crippen molar-refractivity contribution in [1.29, 1.82) is 0 Å². The minimum absolute atomic E-state index is 0.266. The van der Waals surface area contributed by atoms with Gasteiger partial charge in [-0.05, 0) is 91.7 Å². The van der Waals surface area contributed by atoms with Crippen LogP contribution in [0.25, 0.3) is 44.1 Å². The van der Waals surface area contributed by atoms with E-state index < -0.39 is 8.07 Å². The van der Waals surface area contributed by atoms with Crippen LogP contribution in [0.5, 0.6) is 0 Å². The second-order valence-electron chi connectivity index (χ2n) is 13.6. The summed E-state index contributed by atoms with van der Waals surface area (Å²) in [5.74, 6) is 0. The molecule has 2 unspecified atom stereocenters. The molecule has 3 heteroatoms. The monoisotopic (exact) mass is 724 g/mol. The molecule has 0 bridgehead atoms. The fourth-order valence-electron chi connectivity index (χ4n) is 8.66. The van der Waals surface area contributed by atoms with E-state index >= 15 is 0 Å². The molecule has 6 aromatic rings. The first-order valence-electron chi connectivity index (χ1n) is 15.7. The van der Waals surface area contributed by atoms with E-state index in [2.05, 4.69) is 192 Å². The van der Waals surface area contributed by atoms with Crippen LogP contribution < -0.4 is 20.9 Å². The van der Waals surface area contributed by atoms with Crippen molar-refractivity contribution in [2.45, 2.75) is 37.8 Å². The Morgan fingerprint density at radius 3 is 1.29 bits per heavy atom. The molecule has 45 heavy (non-hydrogen) atoms. The largest absolute Gasteiger partial charge is 0.107 e. The number of benzene rings is 6. The quantitative estimate of drug-likeness (QED) is 0.160. The van der Waals surface area contributed by atoms with Crippen LogP contribution in [0.1, 0.15) is 25.0 Å². The lowest BCUT2D eigenvalue weighted by Crippen LogP contribution is -2.49. The zero-order chi connectivity index (χ0) is 31.1. The molecule has 6 aromatic carbocycles. The standard InChI is InChI=1S/C42H34Br2Si/c1-41(31-21-19-27-11-5-7-13-29(27)23-31)25-35-33(15-9-17-37(35)43)39(41)45(3,4)40-34-16-10-18-38(44)36(34)26-42(40,2)32-22-20-28-12-6-8-14-30(28)24-32/h5-26H,1-4H3. The maximum Gasteiger partial charge on any atom is 0.107 e. The van der Waals surface area contributed by atoms with Crippen molar-refractivity contribution in [2.75, 3.05) is 0 Å². The van der Waals surface area contributed by atoms with E-state index in [1.807, 2.05) is 0 Å². The average molecular weight is 727 g/mol. The van der Waals surface area contributed by atoms with Gasteiger partial charge >= 0.3 is 0 Å². The molecule has 0 aromatic heterocycles. The molecule has 0 fully saturated rings. The second kappa shape index (κ2) is 10.3. The molecule has 8 rings (SSSR count). The van der Waals surface area contributed by atoms with Crippen LogP contribution in [0.2, 0.25) is 13.1 Å². The van der Waals surface area contributed by atoms with Gasteiger partial charge in [0.15, 0.2) is 0 Å². The van der Waals surface area contributed by atoms with Gasteiger partial charge in [-0.2, -0.15) is 0 Å². The molecule has 0 saturated carbocycles. The molecular weight excluding hydrogens is 692 g/mol. The summed E-state index contributed by atoms with van der Waals surface area (Å²) >= 11 is 7.92. The second-order valence-corrected chi connectivity index (χ2v) is 19.6. The van der Waals surface area contributed by atoms with Crippen LogP contribution in [-0.2, 0) is 10.8 Å². The molecule has 0 spiro atoms. The SMILES string of the molecule is CC1(c2ccc3ccccc3c2)C=c2c(Br)cccc2=C1[Si](C)(C)C1=c2cccc(Br)c2=CC1(C)c1ccc2ccccc2c1. The summed E-state index contributed by atoms with van der Waals surface area (Å²) in [5.41, 5.74) is 2.17. The van der Waals surface area contributed by atoms with Crippen molar-refractivity contribution >= 4 is 84.0 Å². The van der Waals surface area contributed by atoms with Gasteiger partial charge in [-0.1, -0.05) is 165 Å². The lowest BCUT2D eigenvalue weighted by atomic mass is 9.82. The third kappa shape index (κ3) is 4.27. The van der Waals surface area contributed by atoms with E-state index in [0.717, 1.165) is 8.95 Å². The van der Waals surface area contributed by atoms with Crippen LogP contribution in [-0.4, -0.2) is 8.07 Å². The molecule has 0 nitrogen and oxygen atoms in total. The molecular formula is C42H34Br2Si. The minimum Gasteiger partial charge on any atom is -0.0620 e. The maximum atomic E-state index is 3.96. The van der Waals surface area contributed by atoms with E-state index in [1.54, 1.807) is 10.4 Å². The van der Waals surface area contributed by atoms with Crippen LogP contribution in [0.3, 0.4) is 0 Å². The van der Waals surface area contributed by atoms with Crippen LogP contribution in [0.15, 0.2) is 130 Å². The fourth-order valence-corrected chi connectivity index (χ4v) is 14.7. The predicted molar refractivity (Wildman–Crippen MR) is 203 cm³/mol. The van der Waals surface area contributed by atoms with Crippen molar-refractivity contribution in [3.8, 4) is 0 Å². The van der Waals surface area contributed by atoms with Gasteiger partial charge in [0.25, 0.3) is 0 Å². The van der Waals surface area contributed by atoms with E-state index in [9.17, 15) is 0 Å². The smallest absolute Gasteiger partial charge is 0.0620 e. The highest BCUT2D eigenvalue weighted by molar-refractivity contribution is 9.10. The van der Waals surface area contributed by atoms with Crippen LogP contribution >= 0.6 is 31.9 Å². The summed E-state index contributed by atoms with van der Waals surface area (Å²) in [4.78, 5) is 0. The van der Waals surface area contributed by atoms with Crippen molar-refractivity contribution in [3.63, 3.8) is 0 Å². The zero-order valence-corrected chi connectivity index (χ0v) is 30.1. The Bertz CT molecular complexity index is 2300. The van der Waals surface area contributed by atoms with Crippen molar-refractivity contribution in [3.05, 3.63) is 162 Å². The summed E-state index contributed by atoms with van der Waals surface area (Å²) in [6, 6.07) is 45.2. The first-order chi connectivity index (χ1) is 21.6. The Labute approximate surface area is 282 Å². The van der Waals surface area contributed by atoms with Gasteiger partial charge in [0.1, 0.15) is 8.07 Å². The number of rotatable bonds is 4. The van der Waals surface area contributed by atoms with Gasteiger partial charge in [0.05, 0.1) is 0 Å². The molecule has 0 aliphatic heterocycles. The third-order valence-corrected chi connectivity index (χ3v) is 16.0. The van der Waals surface area contributed by atoms with Gasteiger partial charge in [-0.15, -0.1) is 0 Å². The van der Waals surface area contributed by atoms with Gasteiger partial charge < -0.3 is 0 Å². The van der Waals surface area contributed by atoms with Gasteiger partial charge in [0.2, 0.25) is 0 Å². The molecule has 0 amide bonds. The van der Waals surface area contributed by atoms with Crippen LogP contribution in [0, 0.1) is 0 Å². The Morgan fingerprint density at radius 1 is 0.467 bits per heavy atom. The first-order valence-corrected chi connectivity index (χ1v) is 20.2. The first kappa shape index (κ1) is 28.9. The van der Waals surface area contributed by atoms with Gasteiger partial charge in [0, 0.05) is 19.8 Å². The number of halogens is 2. The summed E-state index contributed by atoms with van der Waals surface area (Å²) in [6.07, 6.45) is 5.07. The fraction of sp³-hybridized carbons (Fsp3) is 0.143. The number of fused-ring (bicyclic) bond motifs is 4. The molecule has 0 N–H and O–H groups in total. The topological polar surface area (TPSA) is 0 Å². The molecule has 0 radical (unpaired) electrons. The summed E-state index contributed by atoms with van der Waals surface area (Å²) < 4.78 is 2.32. The van der Waals surface area contributed by atoms with Crippen molar-refractivity contribution < 1.29 is 0 Å². The van der Waals surface area contributed by atoms with Crippen LogP contribution in [0.4, 0.5) is 0 Å². The zero-order valence-electron chi connectivity index (χ0n) is 26.0. The Balaban J connectivity index is 1.45. The number of hydrogen-bond acceptors (Lipinski definition) is 0. The summed E-state index contributed by atoms with van der Waals surface area (Å²) in [6.45, 7) is 10.1. The minimum atomic E-state index is -2.43. The highest BCUT2D eigenvalue weighted by Gasteiger charge is 2.50. The lowest BCUT2D eigenvalue weighted by molar-refractivity contribution is 0.834. The highest BCUT2D eigenvalue weighted by Crippen LogP contribution is 2.50. The summed E-state index contributed by atoms with van der Waals surface area (Å²) in [5, 5.41) is 13.7. The average Bonchev–Trinajstić information content (AvgIpc) is 3.55. The van der Waals surface area contributed by atoms with Crippen molar-refractivity contribution in [2.24, 2.45) is 0 Å². The maximum absolute atomic E-state index is 3.96. The molecule has 2 atom stereocenters. The Kier molecular flexibility index (Phi) is 6.59.